The zero-order valence-electron chi connectivity index (χ0n) is 10.9. The standard InChI is InChI=1S/C12H24N2OS.ClH/c1-10(13)11-5-7-14(8-6-11)12(15)4-3-9-16-2;/h10-11H,3-9,13H2,1-2H3;1H. The van der Waals surface area contributed by atoms with Crippen molar-refractivity contribution in [2.24, 2.45) is 11.7 Å². The van der Waals surface area contributed by atoms with Gasteiger partial charge in [0.25, 0.3) is 0 Å². The van der Waals surface area contributed by atoms with E-state index >= 15 is 0 Å². The maximum Gasteiger partial charge on any atom is 0.222 e. The maximum absolute atomic E-state index is 11.8. The number of thioether (sulfide) groups is 1. The van der Waals surface area contributed by atoms with Crippen LogP contribution in [0.15, 0.2) is 0 Å². The quantitative estimate of drug-likeness (QED) is 0.785. The van der Waals surface area contributed by atoms with Crippen LogP contribution in [0.2, 0.25) is 0 Å². The molecule has 1 saturated heterocycles. The van der Waals surface area contributed by atoms with Gasteiger partial charge in [-0.3, -0.25) is 4.79 Å². The Bertz CT molecular complexity index is 219. The minimum absolute atomic E-state index is 0. The van der Waals surface area contributed by atoms with E-state index in [1.54, 1.807) is 0 Å². The molecule has 0 aromatic rings. The molecule has 0 saturated carbocycles. The lowest BCUT2D eigenvalue weighted by Gasteiger charge is -2.33. The first kappa shape index (κ1) is 17.1. The van der Waals surface area contributed by atoms with Crippen LogP contribution in [-0.4, -0.2) is 41.9 Å². The second-order valence-corrected chi connectivity index (χ2v) is 5.66. The highest BCUT2D eigenvalue weighted by Gasteiger charge is 2.24. The highest BCUT2D eigenvalue weighted by atomic mass is 35.5. The topological polar surface area (TPSA) is 46.3 Å². The lowest BCUT2D eigenvalue weighted by Crippen LogP contribution is -2.42. The Morgan fingerprint density at radius 3 is 2.53 bits per heavy atom. The summed E-state index contributed by atoms with van der Waals surface area (Å²) in [6.07, 6.45) is 5.95. The third kappa shape index (κ3) is 5.98. The number of carbonyl (C=O) groups excluding carboxylic acids is 1. The minimum Gasteiger partial charge on any atom is -0.343 e. The summed E-state index contributed by atoms with van der Waals surface area (Å²) in [5.41, 5.74) is 5.88. The number of amides is 1. The number of hydrogen-bond acceptors (Lipinski definition) is 3. The summed E-state index contributed by atoms with van der Waals surface area (Å²) in [4.78, 5) is 13.8. The summed E-state index contributed by atoms with van der Waals surface area (Å²) in [7, 11) is 0. The van der Waals surface area contributed by atoms with Gasteiger partial charge in [0.1, 0.15) is 0 Å². The van der Waals surface area contributed by atoms with Crippen molar-refractivity contribution >= 4 is 30.1 Å². The molecule has 17 heavy (non-hydrogen) atoms. The molecule has 3 nitrogen and oxygen atoms in total. The molecule has 2 N–H and O–H groups in total. The van der Waals surface area contributed by atoms with Crippen molar-refractivity contribution in [3.05, 3.63) is 0 Å². The fourth-order valence-electron chi connectivity index (χ4n) is 2.20. The van der Waals surface area contributed by atoms with Crippen LogP contribution in [-0.2, 0) is 4.79 Å². The van der Waals surface area contributed by atoms with Crippen LogP contribution in [0.1, 0.15) is 32.6 Å². The molecule has 1 rings (SSSR count). The first-order valence-electron chi connectivity index (χ1n) is 6.17. The third-order valence-electron chi connectivity index (χ3n) is 3.37. The Morgan fingerprint density at radius 1 is 1.47 bits per heavy atom. The predicted molar refractivity (Wildman–Crippen MR) is 77.8 cm³/mol. The molecule has 5 heteroatoms. The average Bonchev–Trinajstić information content (AvgIpc) is 2.29. The van der Waals surface area contributed by atoms with E-state index in [2.05, 4.69) is 13.2 Å². The van der Waals surface area contributed by atoms with Crippen LogP contribution in [0.3, 0.4) is 0 Å². The molecule has 1 aliphatic rings. The monoisotopic (exact) mass is 280 g/mol. The first-order valence-corrected chi connectivity index (χ1v) is 7.57. The lowest BCUT2D eigenvalue weighted by molar-refractivity contribution is -0.132. The second-order valence-electron chi connectivity index (χ2n) is 4.67. The van der Waals surface area contributed by atoms with Gasteiger partial charge < -0.3 is 10.6 Å². The lowest BCUT2D eigenvalue weighted by atomic mass is 9.91. The van der Waals surface area contributed by atoms with Gasteiger partial charge in [-0.25, -0.2) is 0 Å². The summed E-state index contributed by atoms with van der Waals surface area (Å²) in [5.74, 6) is 2.02. The molecule has 102 valence electrons. The molecule has 0 bridgehead atoms. The number of likely N-dealkylation sites (tertiary alicyclic amines) is 1. The maximum atomic E-state index is 11.8. The molecule has 0 aromatic carbocycles. The van der Waals surface area contributed by atoms with E-state index in [1.807, 2.05) is 16.7 Å². The van der Waals surface area contributed by atoms with E-state index < -0.39 is 0 Å². The van der Waals surface area contributed by atoms with Crippen molar-refractivity contribution in [1.82, 2.24) is 4.90 Å². The fourth-order valence-corrected chi connectivity index (χ4v) is 2.63. The summed E-state index contributed by atoms with van der Waals surface area (Å²) >= 11 is 1.81. The number of piperidine rings is 1. The largest absolute Gasteiger partial charge is 0.343 e. The van der Waals surface area contributed by atoms with Gasteiger partial charge in [0.15, 0.2) is 0 Å². The molecule has 0 spiro atoms. The van der Waals surface area contributed by atoms with Crippen LogP contribution in [0.4, 0.5) is 0 Å². The SMILES string of the molecule is CSCCCC(=O)N1CCC(C(C)N)CC1.Cl. The summed E-state index contributed by atoms with van der Waals surface area (Å²) in [6, 6.07) is 0.272. The number of carbonyl (C=O) groups is 1. The van der Waals surface area contributed by atoms with Crippen molar-refractivity contribution in [2.45, 2.75) is 38.6 Å². The molecule has 1 atom stereocenters. The number of hydrogen-bond donors (Lipinski definition) is 1. The first-order chi connectivity index (χ1) is 7.65. The van der Waals surface area contributed by atoms with Crippen molar-refractivity contribution in [3.8, 4) is 0 Å². The molecule has 0 radical (unpaired) electrons. The minimum atomic E-state index is 0. The van der Waals surface area contributed by atoms with Gasteiger partial charge in [-0.1, -0.05) is 0 Å². The van der Waals surface area contributed by atoms with Crippen LogP contribution in [0.25, 0.3) is 0 Å². The smallest absolute Gasteiger partial charge is 0.222 e. The van der Waals surface area contributed by atoms with E-state index in [-0.39, 0.29) is 18.4 Å². The number of rotatable bonds is 5. The molecule has 1 aliphatic heterocycles. The molecule has 0 aromatic heterocycles. The molecule has 0 aliphatic carbocycles. The van der Waals surface area contributed by atoms with Gasteiger partial charge in [-0.2, -0.15) is 11.8 Å². The number of nitrogens with zero attached hydrogens (tertiary/aromatic N) is 1. The van der Waals surface area contributed by atoms with E-state index in [9.17, 15) is 4.79 Å². The number of nitrogens with two attached hydrogens (primary N) is 1. The summed E-state index contributed by atoms with van der Waals surface area (Å²) in [6.45, 7) is 3.88. The Labute approximate surface area is 115 Å². The second kappa shape index (κ2) is 9.06. The fraction of sp³-hybridized carbons (Fsp3) is 0.917. The Kier molecular flexibility index (Phi) is 9.10. The number of halogens is 1. The average molecular weight is 281 g/mol. The summed E-state index contributed by atoms with van der Waals surface area (Å²) in [5, 5.41) is 0. The van der Waals surface area contributed by atoms with Crippen molar-refractivity contribution in [2.75, 3.05) is 25.1 Å². The molecular weight excluding hydrogens is 256 g/mol. The molecule has 1 amide bonds. The Hall–Kier alpha value is 0.0700. The van der Waals surface area contributed by atoms with Gasteiger partial charge in [0.05, 0.1) is 0 Å². The third-order valence-corrected chi connectivity index (χ3v) is 4.07. The van der Waals surface area contributed by atoms with Gasteiger partial charge >= 0.3 is 0 Å². The highest BCUT2D eigenvalue weighted by Crippen LogP contribution is 2.20. The van der Waals surface area contributed by atoms with E-state index in [0.29, 0.717) is 18.2 Å². The van der Waals surface area contributed by atoms with Gasteiger partial charge in [0, 0.05) is 25.6 Å². The van der Waals surface area contributed by atoms with E-state index in [0.717, 1.165) is 38.1 Å². The van der Waals surface area contributed by atoms with Crippen molar-refractivity contribution < 1.29 is 4.79 Å². The van der Waals surface area contributed by atoms with E-state index in [4.69, 9.17) is 5.73 Å². The Balaban J connectivity index is 0.00000256. The van der Waals surface area contributed by atoms with Crippen LogP contribution in [0, 0.1) is 5.92 Å². The van der Waals surface area contributed by atoms with Crippen LogP contribution >= 0.6 is 24.2 Å². The molecule has 1 fully saturated rings. The van der Waals surface area contributed by atoms with E-state index in [1.165, 1.54) is 0 Å². The summed E-state index contributed by atoms with van der Waals surface area (Å²) < 4.78 is 0. The zero-order chi connectivity index (χ0) is 12.0. The van der Waals surface area contributed by atoms with Crippen molar-refractivity contribution in [1.29, 1.82) is 0 Å². The van der Waals surface area contributed by atoms with Crippen LogP contribution < -0.4 is 5.73 Å². The predicted octanol–water partition coefficient (Wildman–Crippen LogP) is 2.14. The molecular formula is C12H25ClN2OS. The molecule has 1 unspecified atom stereocenters. The van der Waals surface area contributed by atoms with Crippen LogP contribution in [0.5, 0.6) is 0 Å². The van der Waals surface area contributed by atoms with Gasteiger partial charge in [0.2, 0.25) is 5.91 Å². The zero-order valence-corrected chi connectivity index (χ0v) is 12.5. The highest BCUT2D eigenvalue weighted by molar-refractivity contribution is 7.98. The van der Waals surface area contributed by atoms with Gasteiger partial charge in [-0.05, 0) is 44.1 Å². The normalized spacial score (nSPS) is 18.6. The van der Waals surface area contributed by atoms with Gasteiger partial charge in [-0.15, -0.1) is 12.4 Å². The van der Waals surface area contributed by atoms with Crippen molar-refractivity contribution in [3.63, 3.8) is 0 Å². The Morgan fingerprint density at radius 2 is 2.06 bits per heavy atom. The molecule has 1 heterocycles.